The molecule has 1 aliphatic rings. The van der Waals surface area contributed by atoms with Gasteiger partial charge in [-0.25, -0.2) is 14.8 Å². The maximum Gasteiger partial charge on any atom is 0.410 e. The van der Waals surface area contributed by atoms with E-state index in [2.05, 4.69) is 15.3 Å². The summed E-state index contributed by atoms with van der Waals surface area (Å²) < 4.78 is 5.53. The first kappa shape index (κ1) is 20.6. The maximum absolute atomic E-state index is 12.5. The zero-order valence-electron chi connectivity index (χ0n) is 17.4. The van der Waals surface area contributed by atoms with Gasteiger partial charge in [0.1, 0.15) is 22.6 Å². The van der Waals surface area contributed by atoms with E-state index in [-0.39, 0.29) is 18.7 Å². The average Bonchev–Trinajstić information content (AvgIpc) is 3.10. The van der Waals surface area contributed by atoms with Crippen molar-refractivity contribution in [2.45, 2.75) is 45.4 Å². The van der Waals surface area contributed by atoms with E-state index in [1.54, 1.807) is 16.2 Å². The number of thiophene rings is 1. The van der Waals surface area contributed by atoms with Crippen LogP contribution >= 0.6 is 11.3 Å². The van der Waals surface area contributed by atoms with Crippen LogP contribution in [0.3, 0.4) is 0 Å². The standard InChI is InChI=1S/C22H26N4O3S/c1-22(2,3)29-21(28)26-10-9-15-17(11-26)30-20-18(15)19(23-13-24-20)25-16(12-27)14-7-5-4-6-8-14/h4-8,13,16,27H,9-12H2,1-3H3,(H,23,24,25)/t16-/m0/s1. The summed E-state index contributed by atoms with van der Waals surface area (Å²) in [6.45, 7) is 6.66. The first-order chi connectivity index (χ1) is 14.4. The Balaban J connectivity index is 1.62. The SMILES string of the molecule is CC(C)(C)OC(=O)N1CCc2c(sc3ncnc(N[C@@H](CO)c4ccccc4)c23)C1. The number of nitrogens with zero attached hydrogens (tertiary/aromatic N) is 3. The van der Waals surface area contributed by atoms with E-state index in [9.17, 15) is 9.90 Å². The monoisotopic (exact) mass is 426 g/mol. The summed E-state index contributed by atoms with van der Waals surface area (Å²) in [5.41, 5.74) is 1.64. The summed E-state index contributed by atoms with van der Waals surface area (Å²) in [4.78, 5) is 25.1. The minimum atomic E-state index is -0.517. The van der Waals surface area contributed by atoms with E-state index < -0.39 is 5.60 Å². The first-order valence-electron chi connectivity index (χ1n) is 10.0. The fraction of sp³-hybridized carbons (Fsp3) is 0.409. The number of hydrogen-bond donors (Lipinski definition) is 2. The predicted molar refractivity (Wildman–Crippen MR) is 118 cm³/mol. The smallest absolute Gasteiger partial charge is 0.410 e. The van der Waals surface area contributed by atoms with Gasteiger partial charge in [0.2, 0.25) is 0 Å². The van der Waals surface area contributed by atoms with Crippen molar-refractivity contribution in [3.63, 3.8) is 0 Å². The van der Waals surface area contributed by atoms with Gasteiger partial charge in [0, 0.05) is 11.4 Å². The molecule has 1 aliphatic heterocycles. The summed E-state index contributed by atoms with van der Waals surface area (Å²) in [5, 5.41) is 14.3. The van der Waals surface area contributed by atoms with Crippen molar-refractivity contribution in [3.05, 3.63) is 52.7 Å². The van der Waals surface area contributed by atoms with Gasteiger partial charge in [-0.3, -0.25) is 0 Å². The molecule has 0 fully saturated rings. The van der Waals surface area contributed by atoms with Gasteiger partial charge in [-0.15, -0.1) is 11.3 Å². The molecule has 0 unspecified atom stereocenters. The number of rotatable bonds is 4. The second kappa shape index (κ2) is 8.20. The summed E-state index contributed by atoms with van der Waals surface area (Å²) in [5.74, 6) is 0.714. The third-order valence-corrected chi connectivity index (χ3v) is 6.11. The van der Waals surface area contributed by atoms with Gasteiger partial charge in [0.15, 0.2) is 0 Å². The van der Waals surface area contributed by atoms with E-state index in [4.69, 9.17) is 4.74 Å². The molecule has 3 aromatic rings. The van der Waals surface area contributed by atoms with Gasteiger partial charge >= 0.3 is 6.09 Å². The normalized spacial score (nSPS) is 15.0. The molecule has 2 aromatic heterocycles. The number of carbonyl (C=O) groups excluding carboxylic acids is 1. The summed E-state index contributed by atoms with van der Waals surface area (Å²) >= 11 is 1.58. The van der Waals surface area contributed by atoms with Crippen LogP contribution in [0.2, 0.25) is 0 Å². The molecule has 158 valence electrons. The lowest BCUT2D eigenvalue weighted by Gasteiger charge is -2.30. The maximum atomic E-state index is 12.5. The molecule has 8 heteroatoms. The second-order valence-corrected chi connectivity index (χ2v) is 9.43. The Kier molecular flexibility index (Phi) is 5.62. The molecule has 1 amide bonds. The van der Waals surface area contributed by atoms with Crippen molar-refractivity contribution in [1.82, 2.24) is 14.9 Å². The fourth-order valence-electron chi connectivity index (χ4n) is 3.60. The van der Waals surface area contributed by atoms with Crippen molar-refractivity contribution in [3.8, 4) is 0 Å². The third kappa shape index (κ3) is 4.24. The van der Waals surface area contributed by atoms with Crippen molar-refractivity contribution in [2.24, 2.45) is 0 Å². The van der Waals surface area contributed by atoms with Gasteiger partial charge < -0.3 is 20.1 Å². The largest absolute Gasteiger partial charge is 0.444 e. The number of anilines is 1. The molecule has 0 bridgehead atoms. The molecule has 0 spiro atoms. The average molecular weight is 427 g/mol. The van der Waals surface area contributed by atoms with Crippen molar-refractivity contribution in [2.75, 3.05) is 18.5 Å². The zero-order chi connectivity index (χ0) is 21.3. The van der Waals surface area contributed by atoms with E-state index >= 15 is 0 Å². The van der Waals surface area contributed by atoms with Gasteiger partial charge in [-0.05, 0) is 38.3 Å². The lowest BCUT2D eigenvalue weighted by Crippen LogP contribution is -2.39. The molecule has 4 rings (SSSR count). The molecule has 0 saturated carbocycles. The quantitative estimate of drug-likeness (QED) is 0.652. The van der Waals surface area contributed by atoms with E-state index in [1.807, 2.05) is 51.1 Å². The van der Waals surface area contributed by atoms with Crippen LogP contribution in [0.15, 0.2) is 36.7 Å². The van der Waals surface area contributed by atoms with Crippen LogP contribution in [0.4, 0.5) is 10.6 Å². The van der Waals surface area contributed by atoms with Crippen LogP contribution in [-0.2, 0) is 17.7 Å². The Morgan fingerprint density at radius 2 is 2.07 bits per heavy atom. The van der Waals surface area contributed by atoms with Crippen LogP contribution < -0.4 is 5.32 Å². The lowest BCUT2D eigenvalue weighted by atomic mass is 10.0. The minimum Gasteiger partial charge on any atom is -0.444 e. The van der Waals surface area contributed by atoms with Crippen LogP contribution in [-0.4, -0.2) is 44.8 Å². The zero-order valence-corrected chi connectivity index (χ0v) is 18.2. The van der Waals surface area contributed by atoms with Crippen molar-refractivity contribution in [1.29, 1.82) is 0 Å². The van der Waals surface area contributed by atoms with E-state index in [0.29, 0.717) is 25.3 Å². The van der Waals surface area contributed by atoms with E-state index in [1.165, 1.54) is 11.9 Å². The Morgan fingerprint density at radius 1 is 1.30 bits per heavy atom. The highest BCUT2D eigenvalue weighted by Gasteiger charge is 2.29. The summed E-state index contributed by atoms with van der Waals surface area (Å²) in [6, 6.07) is 9.55. The Morgan fingerprint density at radius 3 is 2.77 bits per heavy atom. The number of aromatic nitrogens is 2. The van der Waals surface area contributed by atoms with Gasteiger partial charge in [0.25, 0.3) is 0 Å². The molecule has 7 nitrogen and oxygen atoms in total. The Hall–Kier alpha value is -2.71. The highest BCUT2D eigenvalue weighted by molar-refractivity contribution is 7.19. The van der Waals surface area contributed by atoms with Crippen LogP contribution in [0, 0.1) is 0 Å². The first-order valence-corrected chi connectivity index (χ1v) is 10.8. The molecule has 30 heavy (non-hydrogen) atoms. The number of aliphatic hydroxyl groups excluding tert-OH is 1. The highest BCUT2D eigenvalue weighted by atomic mass is 32.1. The Bertz CT molecular complexity index is 1050. The van der Waals surface area contributed by atoms with Crippen LogP contribution in [0.1, 0.15) is 42.8 Å². The molecular formula is C22H26N4O3S. The number of carbonyl (C=O) groups is 1. The topological polar surface area (TPSA) is 87.6 Å². The highest BCUT2D eigenvalue weighted by Crippen LogP contribution is 2.38. The van der Waals surface area contributed by atoms with Crippen molar-refractivity contribution < 1.29 is 14.6 Å². The molecule has 1 aromatic carbocycles. The van der Waals surface area contributed by atoms with Crippen molar-refractivity contribution >= 4 is 33.5 Å². The number of amides is 1. The lowest BCUT2D eigenvalue weighted by molar-refractivity contribution is 0.0227. The van der Waals surface area contributed by atoms with Gasteiger partial charge in [0.05, 0.1) is 24.6 Å². The summed E-state index contributed by atoms with van der Waals surface area (Å²) in [6.07, 6.45) is 1.96. The van der Waals surface area contributed by atoms with E-state index in [0.717, 1.165) is 20.7 Å². The number of aliphatic hydroxyl groups is 1. The Labute approximate surface area is 179 Å². The number of nitrogens with one attached hydrogen (secondary N) is 1. The number of ether oxygens (including phenoxy) is 1. The molecule has 1 atom stereocenters. The molecular weight excluding hydrogens is 400 g/mol. The fourth-order valence-corrected chi connectivity index (χ4v) is 4.81. The van der Waals surface area contributed by atoms with Crippen LogP contribution in [0.5, 0.6) is 0 Å². The molecule has 0 saturated heterocycles. The third-order valence-electron chi connectivity index (χ3n) is 4.98. The van der Waals surface area contributed by atoms with Gasteiger partial charge in [-0.2, -0.15) is 0 Å². The number of fused-ring (bicyclic) bond motifs is 3. The number of hydrogen-bond acceptors (Lipinski definition) is 7. The van der Waals surface area contributed by atoms with Gasteiger partial charge in [-0.1, -0.05) is 30.3 Å². The molecule has 0 radical (unpaired) electrons. The minimum absolute atomic E-state index is 0.0474. The molecule has 3 heterocycles. The predicted octanol–water partition coefficient (Wildman–Crippen LogP) is 4.13. The number of benzene rings is 1. The van der Waals surface area contributed by atoms with Crippen LogP contribution in [0.25, 0.3) is 10.2 Å². The summed E-state index contributed by atoms with van der Waals surface area (Å²) in [7, 11) is 0. The second-order valence-electron chi connectivity index (χ2n) is 8.35. The molecule has 2 N–H and O–H groups in total. The molecule has 0 aliphatic carbocycles.